The topological polar surface area (TPSA) is 49.8 Å². The summed E-state index contributed by atoms with van der Waals surface area (Å²) in [5, 5.41) is 9.17. The predicted molar refractivity (Wildman–Crippen MR) is 86.6 cm³/mol. The summed E-state index contributed by atoms with van der Waals surface area (Å²) >= 11 is 0. The van der Waals surface area contributed by atoms with Crippen LogP contribution in [0.1, 0.15) is 23.9 Å². The molecule has 0 N–H and O–H groups in total. The molecule has 22 heavy (non-hydrogen) atoms. The van der Waals surface area contributed by atoms with E-state index >= 15 is 0 Å². The van der Waals surface area contributed by atoms with E-state index in [0.717, 1.165) is 16.7 Å². The molecule has 0 aliphatic heterocycles. The Morgan fingerprint density at radius 3 is 2.59 bits per heavy atom. The second-order valence-electron chi connectivity index (χ2n) is 4.93. The van der Waals surface area contributed by atoms with E-state index in [9.17, 15) is 0 Å². The smallest absolute Gasteiger partial charge is 0.222 e. The van der Waals surface area contributed by atoms with Crippen LogP contribution in [0, 0.1) is 11.3 Å². The van der Waals surface area contributed by atoms with E-state index < -0.39 is 0 Å². The molecule has 0 amide bonds. The maximum absolute atomic E-state index is 9.17. The van der Waals surface area contributed by atoms with Crippen LogP contribution in [0.4, 0.5) is 0 Å². The first-order chi connectivity index (χ1) is 10.8. The molecule has 0 fully saturated rings. The van der Waals surface area contributed by atoms with Gasteiger partial charge in [0, 0.05) is 11.1 Å². The maximum atomic E-state index is 9.17. The summed E-state index contributed by atoms with van der Waals surface area (Å²) in [4.78, 5) is 4.32. The van der Waals surface area contributed by atoms with Gasteiger partial charge >= 0.3 is 0 Å². The second-order valence-corrected chi connectivity index (χ2v) is 4.93. The van der Waals surface area contributed by atoms with E-state index in [4.69, 9.17) is 9.68 Å². The third-order valence-corrected chi connectivity index (χ3v) is 3.34. The van der Waals surface area contributed by atoms with Crippen molar-refractivity contribution in [1.82, 2.24) is 4.98 Å². The molecule has 0 saturated carbocycles. The van der Waals surface area contributed by atoms with Crippen LogP contribution in [0.3, 0.4) is 0 Å². The molecule has 3 heteroatoms. The van der Waals surface area contributed by atoms with E-state index in [1.807, 2.05) is 61.5 Å². The molecular formula is C19H14N2O. The lowest BCUT2D eigenvalue weighted by molar-refractivity contribution is 0.556. The Hall–Kier alpha value is -3.12. The second kappa shape index (κ2) is 6.11. The van der Waals surface area contributed by atoms with Crippen molar-refractivity contribution < 1.29 is 4.42 Å². The van der Waals surface area contributed by atoms with Crippen molar-refractivity contribution in [3.05, 3.63) is 77.8 Å². The molecule has 0 aliphatic carbocycles. The quantitative estimate of drug-likeness (QED) is 0.696. The normalized spacial score (nSPS) is 11.2. The Balaban J connectivity index is 1.94. The van der Waals surface area contributed by atoms with Crippen LogP contribution in [0.25, 0.3) is 23.0 Å². The van der Waals surface area contributed by atoms with Crippen LogP contribution in [0.15, 0.2) is 65.2 Å². The first kappa shape index (κ1) is 13.8. The molecule has 2 aromatic carbocycles. The van der Waals surface area contributed by atoms with Gasteiger partial charge in [-0.2, -0.15) is 5.26 Å². The van der Waals surface area contributed by atoms with Crippen LogP contribution < -0.4 is 0 Å². The summed E-state index contributed by atoms with van der Waals surface area (Å²) in [6.07, 6.45) is 3.68. The molecule has 0 atom stereocenters. The van der Waals surface area contributed by atoms with Crippen molar-refractivity contribution >= 4 is 11.6 Å². The highest BCUT2D eigenvalue weighted by molar-refractivity contribution is 5.77. The number of hydrogen-bond donors (Lipinski definition) is 0. The van der Waals surface area contributed by atoms with E-state index in [1.54, 1.807) is 12.3 Å². The van der Waals surface area contributed by atoms with Crippen LogP contribution in [0.5, 0.6) is 0 Å². The summed E-state index contributed by atoms with van der Waals surface area (Å²) in [6, 6.07) is 19.5. The minimum atomic E-state index is 0.562. The Bertz CT molecular complexity index is 854. The minimum Gasteiger partial charge on any atom is -0.436 e. The predicted octanol–water partition coefficient (Wildman–Crippen LogP) is 4.77. The average molecular weight is 286 g/mol. The summed E-state index contributed by atoms with van der Waals surface area (Å²) in [7, 11) is 0. The zero-order valence-electron chi connectivity index (χ0n) is 12.2. The van der Waals surface area contributed by atoms with Gasteiger partial charge in [0.15, 0.2) is 5.76 Å². The molecule has 1 aromatic heterocycles. The van der Waals surface area contributed by atoms with Crippen molar-refractivity contribution in [2.45, 2.75) is 6.92 Å². The third-order valence-electron chi connectivity index (χ3n) is 3.34. The zero-order valence-corrected chi connectivity index (χ0v) is 12.2. The summed E-state index contributed by atoms with van der Waals surface area (Å²) in [5.41, 5.74) is 3.37. The van der Waals surface area contributed by atoms with Crippen LogP contribution >= 0.6 is 0 Å². The van der Waals surface area contributed by atoms with E-state index in [-0.39, 0.29) is 0 Å². The van der Waals surface area contributed by atoms with Gasteiger partial charge in [-0.25, -0.2) is 4.98 Å². The Kier molecular flexibility index (Phi) is 3.84. The standard InChI is InChI=1S/C19H14N2O/c1-14(11-15-7-3-2-4-8-15)19-21-13-18(22-19)17-10-6-5-9-16(17)12-20/h2-11,13H,1H3/b14-11+. The molecule has 0 spiro atoms. The Labute approximate surface area is 129 Å². The maximum Gasteiger partial charge on any atom is 0.222 e. The van der Waals surface area contributed by atoms with Gasteiger partial charge in [0.25, 0.3) is 0 Å². The summed E-state index contributed by atoms with van der Waals surface area (Å²) < 4.78 is 5.82. The number of nitrogens with zero attached hydrogens (tertiary/aromatic N) is 2. The first-order valence-corrected chi connectivity index (χ1v) is 6.97. The summed E-state index contributed by atoms with van der Waals surface area (Å²) in [6.45, 7) is 1.96. The van der Waals surface area contributed by atoms with Crippen molar-refractivity contribution in [1.29, 1.82) is 5.26 Å². The van der Waals surface area contributed by atoms with E-state index in [1.165, 1.54) is 0 Å². The van der Waals surface area contributed by atoms with Gasteiger partial charge in [0.1, 0.15) is 0 Å². The van der Waals surface area contributed by atoms with Gasteiger partial charge in [0.05, 0.1) is 17.8 Å². The minimum absolute atomic E-state index is 0.562. The highest BCUT2D eigenvalue weighted by Crippen LogP contribution is 2.26. The fraction of sp³-hybridized carbons (Fsp3) is 0.0526. The van der Waals surface area contributed by atoms with Gasteiger partial charge < -0.3 is 4.42 Å². The highest BCUT2D eigenvalue weighted by atomic mass is 16.4. The number of benzene rings is 2. The monoisotopic (exact) mass is 286 g/mol. The molecule has 0 aliphatic rings. The van der Waals surface area contributed by atoms with Gasteiger partial charge in [-0.3, -0.25) is 0 Å². The molecule has 106 valence electrons. The molecule has 1 heterocycles. The lowest BCUT2D eigenvalue weighted by atomic mass is 10.1. The number of rotatable bonds is 3. The fourth-order valence-electron chi connectivity index (χ4n) is 2.24. The van der Waals surface area contributed by atoms with Crippen LogP contribution in [0.2, 0.25) is 0 Å². The van der Waals surface area contributed by atoms with Gasteiger partial charge in [-0.15, -0.1) is 0 Å². The first-order valence-electron chi connectivity index (χ1n) is 6.97. The lowest BCUT2D eigenvalue weighted by Crippen LogP contribution is -1.81. The van der Waals surface area contributed by atoms with Crippen molar-refractivity contribution in [3.8, 4) is 17.4 Å². The largest absolute Gasteiger partial charge is 0.436 e. The fourth-order valence-corrected chi connectivity index (χ4v) is 2.24. The van der Waals surface area contributed by atoms with Crippen LogP contribution in [-0.4, -0.2) is 4.98 Å². The van der Waals surface area contributed by atoms with Gasteiger partial charge in [-0.1, -0.05) is 42.5 Å². The molecule has 3 rings (SSSR count). The molecule has 3 aromatic rings. The Morgan fingerprint density at radius 1 is 1.09 bits per heavy atom. The zero-order chi connectivity index (χ0) is 15.4. The van der Waals surface area contributed by atoms with E-state index in [2.05, 4.69) is 11.1 Å². The molecular weight excluding hydrogens is 272 g/mol. The number of hydrogen-bond acceptors (Lipinski definition) is 3. The van der Waals surface area contributed by atoms with Crippen LogP contribution in [-0.2, 0) is 0 Å². The number of allylic oxidation sites excluding steroid dienone is 1. The number of oxazole rings is 1. The molecule has 0 saturated heterocycles. The SMILES string of the molecule is C/C(=C\c1ccccc1)c1ncc(-c2ccccc2C#N)o1. The van der Waals surface area contributed by atoms with Crippen molar-refractivity contribution in [3.63, 3.8) is 0 Å². The highest BCUT2D eigenvalue weighted by Gasteiger charge is 2.11. The summed E-state index contributed by atoms with van der Waals surface area (Å²) in [5.74, 6) is 1.17. The van der Waals surface area contributed by atoms with Crippen molar-refractivity contribution in [2.75, 3.05) is 0 Å². The van der Waals surface area contributed by atoms with Crippen molar-refractivity contribution in [2.24, 2.45) is 0 Å². The molecule has 0 radical (unpaired) electrons. The van der Waals surface area contributed by atoms with Gasteiger partial charge in [-0.05, 0) is 30.7 Å². The number of nitriles is 1. The lowest BCUT2D eigenvalue weighted by Gasteiger charge is -1.99. The number of aromatic nitrogens is 1. The molecule has 0 unspecified atom stereocenters. The molecule has 0 bridgehead atoms. The average Bonchev–Trinajstić information content (AvgIpc) is 3.05. The van der Waals surface area contributed by atoms with Gasteiger partial charge in [0.2, 0.25) is 5.89 Å². The third kappa shape index (κ3) is 2.82. The van der Waals surface area contributed by atoms with E-state index in [0.29, 0.717) is 17.2 Å². The molecule has 3 nitrogen and oxygen atoms in total. The Morgan fingerprint density at radius 2 is 1.82 bits per heavy atom.